The molecule has 8 nitrogen and oxygen atoms in total. The maximum Gasteiger partial charge on any atom is 0.319 e. The van der Waals surface area contributed by atoms with Gasteiger partial charge in [-0.1, -0.05) is 36.0 Å². The molecule has 2 heterocycles. The van der Waals surface area contributed by atoms with E-state index in [1.54, 1.807) is 36.4 Å². The Balaban J connectivity index is 1.63. The lowest BCUT2D eigenvalue weighted by molar-refractivity contribution is 0.0678. The third-order valence-corrected chi connectivity index (χ3v) is 6.89. The minimum Gasteiger partial charge on any atom is -0.287 e. The van der Waals surface area contributed by atoms with Gasteiger partial charge < -0.3 is 0 Å². The lowest BCUT2D eigenvalue weighted by Gasteiger charge is -2.14. The van der Waals surface area contributed by atoms with Crippen molar-refractivity contribution >= 4 is 32.7 Å². The summed E-state index contributed by atoms with van der Waals surface area (Å²) in [6.07, 6.45) is 2.92. The molecule has 172 valence electrons. The smallest absolute Gasteiger partial charge is 0.287 e. The first-order valence-electron chi connectivity index (χ1n) is 9.78. The first-order chi connectivity index (χ1) is 15.7. The van der Waals surface area contributed by atoms with E-state index in [1.807, 2.05) is 0 Å². The average Bonchev–Trinajstić information content (AvgIpc) is 3.26. The fourth-order valence-electron chi connectivity index (χ4n) is 3.30. The number of para-hydroxylation sites is 1. The van der Waals surface area contributed by atoms with Crippen LogP contribution < -0.4 is 10.7 Å². The van der Waals surface area contributed by atoms with Crippen LogP contribution in [-0.4, -0.2) is 27.5 Å². The summed E-state index contributed by atoms with van der Waals surface area (Å²) in [6, 6.07) is 13.0. The van der Waals surface area contributed by atoms with Gasteiger partial charge in [0.05, 0.1) is 21.6 Å². The number of nitrogens with zero attached hydrogens (tertiary/aromatic N) is 4. The quantitative estimate of drug-likeness (QED) is 0.299. The number of sulfonamides is 1. The predicted molar refractivity (Wildman–Crippen MR) is 121 cm³/mol. The van der Waals surface area contributed by atoms with Gasteiger partial charge in [0, 0.05) is 18.9 Å². The molecule has 0 bridgehead atoms. The fourth-order valence-corrected chi connectivity index (χ4v) is 4.79. The van der Waals surface area contributed by atoms with Crippen molar-refractivity contribution in [2.24, 2.45) is 5.14 Å². The minimum absolute atomic E-state index is 0.00145. The molecule has 33 heavy (non-hydrogen) atoms. The van der Waals surface area contributed by atoms with E-state index in [4.69, 9.17) is 5.14 Å². The van der Waals surface area contributed by atoms with E-state index in [2.05, 4.69) is 9.97 Å². The molecule has 2 aromatic carbocycles. The van der Waals surface area contributed by atoms with E-state index >= 15 is 0 Å². The molecule has 0 fully saturated rings. The van der Waals surface area contributed by atoms with Crippen LogP contribution in [-0.2, 0) is 28.7 Å². The highest BCUT2D eigenvalue weighted by atomic mass is 32.2. The molecule has 0 amide bonds. The molecule has 0 radical (unpaired) electrons. The number of primary sulfonamides is 1. The Morgan fingerprint density at radius 3 is 2.52 bits per heavy atom. The van der Waals surface area contributed by atoms with Crippen LogP contribution in [0.25, 0.3) is 10.9 Å². The first kappa shape index (κ1) is 23.1. The molecule has 0 saturated heterocycles. The summed E-state index contributed by atoms with van der Waals surface area (Å²) < 4.78 is 51.4. The SMILES string of the molecule is NS(=O)(=O)c1ccc(CCn2c(SCc3nccn3C(F)F)nc3ccccc3c2=O)cc1. The van der Waals surface area contributed by atoms with Crippen LogP contribution in [0, 0.1) is 0 Å². The number of hydrogen-bond acceptors (Lipinski definition) is 6. The molecular weight excluding hydrogens is 472 g/mol. The summed E-state index contributed by atoms with van der Waals surface area (Å²) in [4.78, 5) is 21.7. The van der Waals surface area contributed by atoms with Crippen LogP contribution >= 0.6 is 11.8 Å². The summed E-state index contributed by atoms with van der Waals surface area (Å²) in [5.41, 5.74) is 1.06. The summed E-state index contributed by atoms with van der Waals surface area (Å²) in [5, 5.41) is 5.95. The number of aromatic nitrogens is 4. The van der Waals surface area contributed by atoms with Crippen molar-refractivity contribution in [2.45, 2.75) is 35.3 Å². The number of halogens is 2. The number of fused-ring (bicyclic) bond motifs is 1. The summed E-state index contributed by atoms with van der Waals surface area (Å²) >= 11 is 1.15. The zero-order valence-electron chi connectivity index (χ0n) is 17.1. The zero-order valence-corrected chi connectivity index (χ0v) is 18.8. The zero-order chi connectivity index (χ0) is 23.6. The van der Waals surface area contributed by atoms with Gasteiger partial charge in [-0.25, -0.2) is 23.5 Å². The number of nitrogens with two attached hydrogens (primary N) is 1. The van der Waals surface area contributed by atoms with Crippen LogP contribution in [0.2, 0.25) is 0 Å². The molecule has 0 aliphatic carbocycles. The van der Waals surface area contributed by atoms with Crippen molar-refractivity contribution in [2.75, 3.05) is 0 Å². The van der Waals surface area contributed by atoms with Crippen molar-refractivity contribution < 1.29 is 17.2 Å². The monoisotopic (exact) mass is 491 g/mol. The van der Waals surface area contributed by atoms with Crippen LogP contribution in [0.4, 0.5) is 8.78 Å². The molecular formula is C21H19F2N5O3S2. The Hall–Kier alpha value is -3.09. The molecule has 0 aliphatic rings. The first-order valence-corrected chi connectivity index (χ1v) is 12.3. The van der Waals surface area contributed by atoms with E-state index in [-0.39, 0.29) is 28.6 Å². The second-order valence-corrected chi connectivity index (χ2v) is 9.63. The van der Waals surface area contributed by atoms with Gasteiger partial charge in [-0.05, 0) is 36.2 Å². The molecule has 0 spiro atoms. The summed E-state index contributed by atoms with van der Waals surface area (Å²) in [7, 11) is -3.79. The van der Waals surface area contributed by atoms with Gasteiger partial charge in [0.1, 0.15) is 5.82 Å². The van der Waals surface area contributed by atoms with Crippen LogP contribution in [0.1, 0.15) is 17.9 Å². The van der Waals surface area contributed by atoms with Crippen LogP contribution in [0.3, 0.4) is 0 Å². The second-order valence-electron chi connectivity index (χ2n) is 7.12. The van der Waals surface area contributed by atoms with E-state index in [0.29, 0.717) is 22.5 Å². The van der Waals surface area contributed by atoms with Gasteiger partial charge in [0.15, 0.2) is 5.16 Å². The van der Waals surface area contributed by atoms with Crippen LogP contribution in [0.15, 0.2) is 75.8 Å². The lowest BCUT2D eigenvalue weighted by atomic mass is 10.1. The molecule has 4 aromatic rings. The highest BCUT2D eigenvalue weighted by Crippen LogP contribution is 2.24. The number of hydrogen-bond donors (Lipinski definition) is 1. The largest absolute Gasteiger partial charge is 0.319 e. The molecule has 0 saturated carbocycles. The molecule has 0 unspecified atom stereocenters. The van der Waals surface area contributed by atoms with Gasteiger partial charge in [-0.3, -0.25) is 13.9 Å². The van der Waals surface area contributed by atoms with Gasteiger partial charge in [-0.15, -0.1) is 0 Å². The third-order valence-electron chi connectivity index (χ3n) is 4.99. The Kier molecular flexibility index (Phi) is 6.58. The Morgan fingerprint density at radius 2 is 1.82 bits per heavy atom. The number of imidazole rings is 1. The standard InChI is InChI=1S/C21H19F2N5O3S2/c22-20(23)27-12-10-25-18(27)13-32-21-26-17-4-2-1-3-16(17)19(29)28(21)11-9-14-5-7-15(8-6-14)33(24,30)31/h1-8,10,12,20H,9,11,13H2,(H2,24,30,31). The third kappa shape index (κ3) is 5.13. The number of alkyl halides is 2. The minimum atomic E-state index is -3.79. The van der Waals surface area contributed by atoms with Crippen molar-refractivity contribution in [3.05, 3.63) is 82.7 Å². The van der Waals surface area contributed by atoms with Crippen molar-refractivity contribution in [3.8, 4) is 0 Å². The van der Waals surface area contributed by atoms with E-state index in [0.717, 1.165) is 21.9 Å². The summed E-state index contributed by atoms with van der Waals surface area (Å²) in [6.45, 7) is -2.45. The molecule has 2 N–H and O–H groups in total. The van der Waals surface area contributed by atoms with E-state index < -0.39 is 16.6 Å². The number of aryl methyl sites for hydroxylation is 1. The number of rotatable bonds is 8. The molecule has 0 atom stereocenters. The van der Waals surface area contributed by atoms with E-state index in [9.17, 15) is 22.0 Å². The van der Waals surface area contributed by atoms with Gasteiger partial charge in [0.2, 0.25) is 10.0 Å². The van der Waals surface area contributed by atoms with Crippen molar-refractivity contribution in [1.82, 2.24) is 19.1 Å². The molecule has 4 rings (SSSR count). The maximum absolute atomic E-state index is 13.2. The Labute approximate surface area is 192 Å². The summed E-state index contributed by atoms with van der Waals surface area (Å²) in [5.74, 6) is 0.271. The van der Waals surface area contributed by atoms with Crippen molar-refractivity contribution in [3.63, 3.8) is 0 Å². The highest BCUT2D eigenvalue weighted by molar-refractivity contribution is 7.98. The Bertz CT molecular complexity index is 1450. The lowest BCUT2D eigenvalue weighted by Crippen LogP contribution is -2.24. The van der Waals surface area contributed by atoms with Crippen LogP contribution in [0.5, 0.6) is 0 Å². The normalized spacial score (nSPS) is 12.0. The van der Waals surface area contributed by atoms with Gasteiger partial charge in [-0.2, -0.15) is 8.78 Å². The molecule has 12 heteroatoms. The number of benzene rings is 2. The second kappa shape index (κ2) is 9.41. The fraction of sp³-hybridized carbons (Fsp3) is 0.190. The topological polar surface area (TPSA) is 113 Å². The predicted octanol–water partition coefficient (Wildman–Crippen LogP) is 3.17. The average molecular weight is 492 g/mol. The molecule has 2 aromatic heterocycles. The van der Waals surface area contributed by atoms with Gasteiger partial charge in [0.25, 0.3) is 5.56 Å². The highest BCUT2D eigenvalue weighted by Gasteiger charge is 2.16. The Morgan fingerprint density at radius 1 is 1.09 bits per heavy atom. The maximum atomic E-state index is 13.2. The van der Waals surface area contributed by atoms with Crippen molar-refractivity contribution in [1.29, 1.82) is 0 Å². The number of thioether (sulfide) groups is 1. The molecule has 0 aliphatic heterocycles. The van der Waals surface area contributed by atoms with Gasteiger partial charge >= 0.3 is 6.55 Å². The van der Waals surface area contributed by atoms with E-state index in [1.165, 1.54) is 29.1 Å².